The number of nitrogens with one attached hydrogen (secondary N) is 1. The van der Waals surface area contributed by atoms with E-state index in [1.165, 1.54) is 33.2 Å². The lowest BCUT2D eigenvalue weighted by Crippen LogP contribution is -2.39. The van der Waals surface area contributed by atoms with Crippen LogP contribution in [0.2, 0.25) is 0 Å². The summed E-state index contributed by atoms with van der Waals surface area (Å²) in [5, 5.41) is 22.3. The van der Waals surface area contributed by atoms with Crippen LogP contribution in [-0.2, 0) is 6.42 Å². The van der Waals surface area contributed by atoms with Gasteiger partial charge in [0.05, 0.1) is 11.7 Å². The predicted octanol–water partition coefficient (Wildman–Crippen LogP) is 7.02. The quantitative estimate of drug-likeness (QED) is 0.321. The number of benzene rings is 1. The number of aromatic amines is 1. The zero-order chi connectivity index (χ0) is 22.9. The first kappa shape index (κ1) is 25.2. The van der Waals surface area contributed by atoms with Crippen molar-refractivity contribution in [1.82, 2.24) is 4.98 Å². The molecule has 2 aromatic rings. The Hall–Kier alpha value is -2.10. The molecule has 3 N–H and O–H groups in total. The first-order valence-electron chi connectivity index (χ1n) is 11.6. The van der Waals surface area contributed by atoms with E-state index in [4.69, 9.17) is 0 Å². The number of fused-ring (bicyclic) bond motifs is 1. The lowest BCUT2D eigenvalue weighted by Gasteiger charge is -2.29. The lowest BCUT2D eigenvalue weighted by atomic mass is 9.89. The Morgan fingerprint density at radius 1 is 1.00 bits per heavy atom. The molecule has 3 heteroatoms. The second-order valence-electron chi connectivity index (χ2n) is 9.44. The zero-order valence-corrected chi connectivity index (χ0v) is 20.0. The fourth-order valence-corrected chi connectivity index (χ4v) is 3.83. The van der Waals surface area contributed by atoms with Crippen molar-refractivity contribution in [2.45, 2.75) is 91.3 Å². The number of rotatable bonds is 12. The average Bonchev–Trinajstić information content (AvgIpc) is 3.13. The number of para-hydroxylation sites is 1. The van der Waals surface area contributed by atoms with Gasteiger partial charge in [0.1, 0.15) is 0 Å². The highest BCUT2D eigenvalue weighted by molar-refractivity contribution is 5.83. The molecule has 1 aromatic heterocycles. The third kappa shape index (κ3) is 8.51. The van der Waals surface area contributed by atoms with Gasteiger partial charge in [0.15, 0.2) is 0 Å². The van der Waals surface area contributed by atoms with Gasteiger partial charge in [0.25, 0.3) is 0 Å². The Labute approximate surface area is 188 Å². The molecule has 2 rings (SSSR count). The molecule has 0 bridgehead atoms. The first-order valence-corrected chi connectivity index (χ1v) is 11.6. The molecule has 0 amide bonds. The van der Waals surface area contributed by atoms with Crippen LogP contribution < -0.4 is 0 Å². The second kappa shape index (κ2) is 12.1. The number of hydrogen-bond donors (Lipinski definition) is 3. The number of aromatic nitrogens is 1. The Balaban J connectivity index is 1.75. The SMILES string of the molecule is CC(C)=CCC[C@](C)(O)[C@H](O)CCC(C)=CCCC(C)=CCc1c[nH]c2ccccc12. The number of allylic oxidation sites excluding steroid dienone is 6. The van der Waals surface area contributed by atoms with E-state index in [1.807, 2.05) is 0 Å². The van der Waals surface area contributed by atoms with Crippen molar-refractivity contribution in [3.05, 3.63) is 71.0 Å². The third-order valence-corrected chi connectivity index (χ3v) is 6.11. The highest BCUT2D eigenvalue weighted by atomic mass is 16.3. The smallest absolute Gasteiger partial charge is 0.0880 e. The summed E-state index contributed by atoms with van der Waals surface area (Å²) in [7, 11) is 0. The summed E-state index contributed by atoms with van der Waals surface area (Å²) in [4.78, 5) is 3.34. The van der Waals surface area contributed by atoms with Crippen LogP contribution in [0.5, 0.6) is 0 Å². The van der Waals surface area contributed by atoms with Crippen molar-refractivity contribution < 1.29 is 10.2 Å². The molecule has 0 saturated carbocycles. The van der Waals surface area contributed by atoms with Crippen molar-refractivity contribution >= 4 is 10.9 Å². The number of H-pyrrole nitrogens is 1. The topological polar surface area (TPSA) is 56.2 Å². The minimum atomic E-state index is -1.03. The number of aliphatic hydroxyl groups is 2. The molecule has 0 spiro atoms. The molecule has 0 aliphatic carbocycles. The van der Waals surface area contributed by atoms with Gasteiger partial charge in [-0.3, -0.25) is 0 Å². The van der Waals surface area contributed by atoms with Crippen LogP contribution in [-0.4, -0.2) is 26.9 Å². The van der Waals surface area contributed by atoms with Gasteiger partial charge in [-0.1, -0.05) is 53.1 Å². The molecule has 0 unspecified atom stereocenters. The van der Waals surface area contributed by atoms with E-state index in [0.717, 1.165) is 32.1 Å². The van der Waals surface area contributed by atoms with E-state index in [-0.39, 0.29) is 0 Å². The fraction of sp³-hybridized carbons (Fsp3) is 0.500. The number of aliphatic hydroxyl groups excluding tert-OH is 1. The van der Waals surface area contributed by atoms with E-state index in [2.05, 4.69) is 81.4 Å². The molecule has 0 fully saturated rings. The largest absolute Gasteiger partial charge is 0.390 e. The minimum absolute atomic E-state index is 0.586. The molecule has 0 radical (unpaired) electrons. The Morgan fingerprint density at radius 2 is 1.71 bits per heavy atom. The van der Waals surface area contributed by atoms with E-state index in [1.54, 1.807) is 6.92 Å². The predicted molar refractivity (Wildman–Crippen MR) is 133 cm³/mol. The van der Waals surface area contributed by atoms with Crippen molar-refractivity contribution in [3.8, 4) is 0 Å². The van der Waals surface area contributed by atoms with E-state index in [9.17, 15) is 10.2 Å². The maximum Gasteiger partial charge on any atom is 0.0880 e. The van der Waals surface area contributed by atoms with E-state index < -0.39 is 11.7 Å². The van der Waals surface area contributed by atoms with Crippen molar-refractivity contribution in [2.24, 2.45) is 0 Å². The maximum atomic E-state index is 10.6. The van der Waals surface area contributed by atoms with Crippen molar-refractivity contribution in [1.29, 1.82) is 0 Å². The third-order valence-electron chi connectivity index (χ3n) is 6.11. The summed E-state index contributed by atoms with van der Waals surface area (Å²) in [5.41, 5.74) is 5.43. The molecule has 1 aromatic carbocycles. The Bertz CT molecular complexity index is 910. The minimum Gasteiger partial charge on any atom is -0.390 e. The molecule has 3 nitrogen and oxygen atoms in total. The average molecular weight is 424 g/mol. The van der Waals surface area contributed by atoms with Gasteiger partial charge in [-0.15, -0.1) is 0 Å². The van der Waals surface area contributed by atoms with Gasteiger partial charge in [-0.05, 0) is 91.2 Å². The van der Waals surface area contributed by atoms with Crippen LogP contribution in [0.4, 0.5) is 0 Å². The van der Waals surface area contributed by atoms with E-state index >= 15 is 0 Å². The summed E-state index contributed by atoms with van der Waals surface area (Å²) >= 11 is 0. The highest BCUT2D eigenvalue weighted by Gasteiger charge is 2.28. The molecular weight excluding hydrogens is 382 g/mol. The summed E-state index contributed by atoms with van der Waals surface area (Å²) < 4.78 is 0. The molecule has 0 aliphatic heterocycles. The normalized spacial score (nSPS) is 15.7. The van der Waals surface area contributed by atoms with Crippen LogP contribution in [0.3, 0.4) is 0 Å². The van der Waals surface area contributed by atoms with Crippen LogP contribution in [0.1, 0.15) is 78.7 Å². The fourth-order valence-electron chi connectivity index (χ4n) is 3.83. The van der Waals surface area contributed by atoms with E-state index in [0.29, 0.717) is 12.8 Å². The van der Waals surface area contributed by atoms with Crippen LogP contribution in [0, 0.1) is 0 Å². The summed E-state index contributed by atoms with van der Waals surface area (Å²) in [5.74, 6) is 0. The Morgan fingerprint density at radius 3 is 2.45 bits per heavy atom. The summed E-state index contributed by atoms with van der Waals surface area (Å²) in [6.07, 6.45) is 13.9. The zero-order valence-electron chi connectivity index (χ0n) is 20.0. The first-order chi connectivity index (χ1) is 14.7. The standard InChI is InChI=1S/C28H41NO2/c1-21(2)10-9-19-28(5,31)27(30)18-16-23(4)12-8-11-22(3)15-17-24-20-29-26-14-7-6-13-25(24)26/h6-7,10,12-15,20,27,29-31H,8-9,11,16-19H2,1-5H3/t27-,28+/m1/s1. The van der Waals surface area contributed by atoms with Gasteiger partial charge in [0.2, 0.25) is 0 Å². The Kier molecular flexibility index (Phi) is 9.80. The molecule has 2 atom stereocenters. The van der Waals surface area contributed by atoms with Crippen molar-refractivity contribution in [3.63, 3.8) is 0 Å². The maximum absolute atomic E-state index is 10.6. The van der Waals surface area contributed by atoms with Crippen LogP contribution in [0.15, 0.2) is 65.4 Å². The van der Waals surface area contributed by atoms with Gasteiger partial charge < -0.3 is 15.2 Å². The van der Waals surface area contributed by atoms with Crippen molar-refractivity contribution in [2.75, 3.05) is 0 Å². The van der Waals surface area contributed by atoms with Gasteiger partial charge in [-0.2, -0.15) is 0 Å². The summed E-state index contributed by atoms with van der Waals surface area (Å²) in [6, 6.07) is 8.43. The molecule has 0 aliphatic rings. The van der Waals surface area contributed by atoms with Gasteiger partial charge in [-0.25, -0.2) is 0 Å². The molecule has 170 valence electrons. The number of hydrogen-bond acceptors (Lipinski definition) is 2. The second-order valence-corrected chi connectivity index (χ2v) is 9.44. The van der Waals surface area contributed by atoms with Gasteiger partial charge in [0, 0.05) is 17.1 Å². The summed E-state index contributed by atoms with van der Waals surface area (Å²) in [6.45, 7) is 10.2. The van der Waals surface area contributed by atoms with Crippen LogP contribution >= 0.6 is 0 Å². The molecular formula is C28H41NO2. The molecule has 31 heavy (non-hydrogen) atoms. The molecule has 0 saturated heterocycles. The molecule has 1 heterocycles. The van der Waals surface area contributed by atoms with Crippen LogP contribution in [0.25, 0.3) is 10.9 Å². The lowest BCUT2D eigenvalue weighted by molar-refractivity contribution is -0.0691. The monoisotopic (exact) mass is 423 g/mol. The highest BCUT2D eigenvalue weighted by Crippen LogP contribution is 2.23. The van der Waals surface area contributed by atoms with Gasteiger partial charge >= 0.3 is 0 Å².